The molecule has 2 rings (SSSR count). The van der Waals surface area contributed by atoms with Crippen LogP contribution in [0.1, 0.15) is 29.5 Å². The summed E-state index contributed by atoms with van der Waals surface area (Å²) in [5.41, 5.74) is 3.16. The highest BCUT2D eigenvalue weighted by Crippen LogP contribution is 2.23. The lowest BCUT2D eigenvalue weighted by molar-refractivity contribution is -0.147. The fraction of sp³-hybridized carbons (Fsp3) is 0.556. The van der Waals surface area contributed by atoms with Crippen LogP contribution in [0.5, 0.6) is 0 Å². The number of hydrogen-bond acceptors (Lipinski definition) is 4. The number of methoxy groups -OCH3 is 1. The lowest BCUT2D eigenvalue weighted by Gasteiger charge is -2.34. The first-order chi connectivity index (χ1) is 11.4. The van der Waals surface area contributed by atoms with Crippen LogP contribution in [0, 0.1) is 20.8 Å². The number of aryl methyl sites for hydroxylation is 3. The Morgan fingerprint density at radius 1 is 1.16 bits per heavy atom. The summed E-state index contributed by atoms with van der Waals surface area (Å²) in [5.74, 6) is -0.461. The minimum Gasteiger partial charge on any atom is -0.368 e. The Bertz CT molecular complexity index is 605. The van der Waals surface area contributed by atoms with Crippen molar-refractivity contribution >= 4 is 29.9 Å². The van der Waals surface area contributed by atoms with Gasteiger partial charge in [-0.1, -0.05) is 17.7 Å². The quantitative estimate of drug-likeness (QED) is 0.740. The maximum atomic E-state index is 12.4. The monoisotopic (exact) mass is 369 g/mol. The average Bonchev–Trinajstić information content (AvgIpc) is 2.56. The van der Waals surface area contributed by atoms with E-state index in [-0.39, 0.29) is 30.8 Å². The van der Waals surface area contributed by atoms with Crippen molar-refractivity contribution in [1.82, 2.24) is 10.6 Å². The van der Waals surface area contributed by atoms with Crippen LogP contribution < -0.4 is 16.0 Å². The lowest BCUT2D eigenvalue weighted by Crippen LogP contribution is -2.55. The highest BCUT2D eigenvalue weighted by atomic mass is 35.5. The van der Waals surface area contributed by atoms with Crippen molar-refractivity contribution in [3.63, 3.8) is 0 Å². The van der Waals surface area contributed by atoms with Gasteiger partial charge in [-0.25, -0.2) is 0 Å². The maximum Gasteiger partial charge on any atom is 0.252 e. The lowest BCUT2D eigenvalue weighted by atomic mass is 9.91. The van der Waals surface area contributed by atoms with Gasteiger partial charge in [-0.15, -0.1) is 12.4 Å². The van der Waals surface area contributed by atoms with E-state index < -0.39 is 5.60 Å². The molecule has 1 aliphatic heterocycles. The van der Waals surface area contributed by atoms with Gasteiger partial charge in [0.05, 0.1) is 6.54 Å². The summed E-state index contributed by atoms with van der Waals surface area (Å²) >= 11 is 0. The number of piperidine rings is 1. The van der Waals surface area contributed by atoms with E-state index in [0.29, 0.717) is 12.8 Å². The highest BCUT2D eigenvalue weighted by molar-refractivity contribution is 5.97. The molecule has 1 aromatic rings. The summed E-state index contributed by atoms with van der Waals surface area (Å²) in [5, 5.41) is 8.80. The molecule has 140 valence electrons. The smallest absolute Gasteiger partial charge is 0.252 e. The van der Waals surface area contributed by atoms with Gasteiger partial charge >= 0.3 is 0 Å². The largest absolute Gasteiger partial charge is 0.368 e. The van der Waals surface area contributed by atoms with Crippen molar-refractivity contribution in [3.05, 3.63) is 28.8 Å². The molecule has 0 aliphatic carbocycles. The van der Waals surface area contributed by atoms with Gasteiger partial charge in [0.2, 0.25) is 5.91 Å². The van der Waals surface area contributed by atoms with Gasteiger partial charge in [0.25, 0.3) is 5.91 Å². The predicted molar refractivity (Wildman–Crippen MR) is 101 cm³/mol. The third-order valence-electron chi connectivity index (χ3n) is 4.57. The molecule has 0 saturated carbocycles. The molecule has 25 heavy (non-hydrogen) atoms. The van der Waals surface area contributed by atoms with E-state index in [9.17, 15) is 9.59 Å². The molecule has 6 nitrogen and oxygen atoms in total. The average molecular weight is 370 g/mol. The Labute approximate surface area is 155 Å². The number of nitrogens with one attached hydrogen (secondary N) is 3. The van der Waals surface area contributed by atoms with Gasteiger partial charge in [-0.3, -0.25) is 9.59 Å². The molecule has 2 amide bonds. The van der Waals surface area contributed by atoms with E-state index >= 15 is 0 Å². The van der Waals surface area contributed by atoms with E-state index in [2.05, 4.69) is 16.0 Å². The van der Waals surface area contributed by atoms with Crippen molar-refractivity contribution < 1.29 is 14.3 Å². The van der Waals surface area contributed by atoms with Gasteiger partial charge in [-0.05, 0) is 57.8 Å². The van der Waals surface area contributed by atoms with Crippen molar-refractivity contribution in [1.29, 1.82) is 0 Å². The maximum absolute atomic E-state index is 12.4. The molecular formula is C18H28ClN3O3. The summed E-state index contributed by atoms with van der Waals surface area (Å²) in [7, 11) is 1.55. The third-order valence-corrected chi connectivity index (χ3v) is 4.57. The van der Waals surface area contributed by atoms with Gasteiger partial charge in [0.15, 0.2) is 0 Å². The fourth-order valence-corrected chi connectivity index (χ4v) is 3.24. The fourth-order valence-electron chi connectivity index (χ4n) is 3.24. The molecule has 1 fully saturated rings. The number of benzene rings is 1. The van der Waals surface area contributed by atoms with Crippen LogP contribution in [0.3, 0.4) is 0 Å². The Morgan fingerprint density at radius 2 is 1.72 bits per heavy atom. The first kappa shape index (κ1) is 21.4. The number of rotatable bonds is 5. The molecule has 1 aliphatic rings. The Morgan fingerprint density at radius 3 is 2.24 bits per heavy atom. The van der Waals surface area contributed by atoms with Crippen LogP contribution in [0.25, 0.3) is 0 Å². The first-order valence-corrected chi connectivity index (χ1v) is 8.30. The van der Waals surface area contributed by atoms with E-state index in [0.717, 1.165) is 35.5 Å². The zero-order valence-corrected chi connectivity index (χ0v) is 16.1. The second-order valence-corrected chi connectivity index (χ2v) is 6.45. The Hall–Kier alpha value is -1.63. The van der Waals surface area contributed by atoms with Crippen LogP contribution in [0.2, 0.25) is 0 Å². The number of halogens is 1. The Kier molecular flexibility index (Phi) is 7.86. The first-order valence-electron chi connectivity index (χ1n) is 8.30. The van der Waals surface area contributed by atoms with Crippen LogP contribution in [0.15, 0.2) is 12.1 Å². The SMILES string of the molecule is COC1(C(=O)NCC(=O)Nc2c(C)cc(C)cc2C)CCNCC1.Cl. The zero-order chi connectivity index (χ0) is 17.7. The number of ether oxygens (including phenoxy) is 1. The minimum atomic E-state index is -0.832. The van der Waals surface area contributed by atoms with Crippen LogP contribution in [0.4, 0.5) is 5.69 Å². The molecule has 0 radical (unpaired) electrons. The van der Waals surface area contributed by atoms with E-state index in [1.807, 2.05) is 32.9 Å². The van der Waals surface area contributed by atoms with Crippen LogP contribution >= 0.6 is 12.4 Å². The molecule has 0 spiro atoms. The molecule has 1 aromatic carbocycles. The number of carbonyl (C=O) groups excluding carboxylic acids is 2. The summed E-state index contributed by atoms with van der Waals surface area (Å²) in [6.07, 6.45) is 1.21. The van der Waals surface area contributed by atoms with Crippen molar-refractivity contribution in [2.45, 2.75) is 39.2 Å². The molecule has 1 saturated heterocycles. The standard InChI is InChI=1S/C18H27N3O3.ClH/c1-12-9-13(2)16(14(3)10-12)21-15(22)11-20-17(23)18(24-4)5-7-19-8-6-18;/h9-10,19H,5-8,11H2,1-4H3,(H,20,23)(H,21,22);1H. The molecule has 0 atom stereocenters. The summed E-state index contributed by atoms with van der Waals surface area (Å²) in [6, 6.07) is 4.05. The van der Waals surface area contributed by atoms with Crippen molar-refractivity contribution in [3.8, 4) is 0 Å². The van der Waals surface area contributed by atoms with Crippen LogP contribution in [-0.2, 0) is 14.3 Å². The molecule has 3 N–H and O–H groups in total. The molecule has 0 bridgehead atoms. The second-order valence-electron chi connectivity index (χ2n) is 6.45. The number of hydrogen-bond donors (Lipinski definition) is 3. The minimum absolute atomic E-state index is 0. The third kappa shape index (κ3) is 5.17. The number of amides is 2. The summed E-state index contributed by atoms with van der Waals surface area (Å²) in [6.45, 7) is 7.34. The van der Waals surface area contributed by atoms with Gasteiger partial charge in [0.1, 0.15) is 5.60 Å². The normalized spacial score (nSPS) is 15.8. The second kappa shape index (κ2) is 9.17. The van der Waals surface area contributed by atoms with E-state index in [1.165, 1.54) is 0 Å². The van der Waals surface area contributed by atoms with Crippen molar-refractivity contribution in [2.75, 3.05) is 32.1 Å². The molecule has 0 unspecified atom stereocenters. The summed E-state index contributed by atoms with van der Waals surface area (Å²) < 4.78 is 5.46. The Balaban J connectivity index is 0.00000312. The predicted octanol–water partition coefficient (Wildman–Crippen LogP) is 1.86. The van der Waals surface area contributed by atoms with Crippen LogP contribution in [-0.4, -0.2) is 44.2 Å². The molecule has 1 heterocycles. The molecule has 7 heteroatoms. The molecular weight excluding hydrogens is 342 g/mol. The number of anilines is 1. The zero-order valence-electron chi connectivity index (χ0n) is 15.3. The molecule has 0 aromatic heterocycles. The van der Waals surface area contributed by atoms with E-state index in [1.54, 1.807) is 7.11 Å². The van der Waals surface area contributed by atoms with Gasteiger partial charge in [0, 0.05) is 12.8 Å². The highest BCUT2D eigenvalue weighted by Gasteiger charge is 2.39. The summed E-state index contributed by atoms with van der Waals surface area (Å²) in [4.78, 5) is 24.6. The van der Waals surface area contributed by atoms with E-state index in [4.69, 9.17) is 4.74 Å². The topological polar surface area (TPSA) is 79.5 Å². The van der Waals surface area contributed by atoms with Crippen molar-refractivity contribution in [2.24, 2.45) is 0 Å². The number of carbonyl (C=O) groups is 2. The van der Waals surface area contributed by atoms with Gasteiger partial charge < -0.3 is 20.7 Å². The van der Waals surface area contributed by atoms with Gasteiger partial charge in [-0.2, -0.15) is 0 Å².